The molecule has 3 aromatic rings. The van der Waals surface area contributed by atoms with Crippen LogP contribution in [0.15, 0.2) is 36.8 Å². The number of hydrogen-bond donors (Lipinski definition) is 1. The van der Waals surface area contributed by atoms with E-state index in [2.05, 4.69) is 20.1 Å². The summed E-state index contributed by atoms with van der Waals surface area (Å²) in [5.74, 6) is 0.873. The number of fused-ring (bicyclic) bond motifs is 1. The number of aromatic amines is 1. The quantitative estimate of drug-likeness (QED) is 0.705. The van der Waals surface area contributed by atoms with Crippen molar-refractivity contribution in [2.75, 3.05) is 0 Å². The van der Waals surface area contributed by atoms with Gasteiger partial charge in [0.2, 0.25) is 0 Å². The van der Waals surface area contributed by atoms with Gasteiger partial charge in [0.1, 0.15) is 11.9 Å². The summed E-state index contributed by atoms with van der Waals surface area (Å²) in [4.78, 5) is 11.9. The van der Waals surface area contributed by atoms with Crippen LogP contribution in [0.4, 0.5) is 0 Å². The van der Waals surface area contributed by atoms with E-state index >= 15 is 0 Å². The zero-order chi connectivity index (χ0) is 11.0. The van der Waals surface area contributed by atoms with Crippen LogP contribution in [-0.4, -0.2) is 24.7 Å². The zero-order valence-corrected chi connectivity index (χ0v) is 8.83. The average molecular weight is 213 g/mol. The van der Waals surface area contributed by atoms with Gasteiger partial charge in [-0.3, -0.25) is 4.68 Å². The van der Waals surface area contributed by atoms with Gasteiger partial charge in [-0.2, -0.15) is 5.10 Å². The van der Waals surface area contributed by atoms with Crippen LogP contribution in [0.1, 0.15) is 18.8 Å². The van der Waals surface area contributed by atoms with Gasteiger partial charge in [-0.1, -0.05) is 0 Å². The topological polar surface area (TPSA) is 59.4 Å². The van der Waals surface area contributed by atoms with E-state index in [-0.39, 0.29) is 6.04 Å². The third kappa shape index (κ3) is 1.37. The van der Waals surface area contributed by atoms with Crippen molar-refractivity contribution >= 4 is 11.2 Å². The Morgan fingerprint density at radius 2 is 2.25 bits per heavy atom. The standard InChI is InChI=1S/C11H11N5/c1-8(16-7-3-6-13-16)10-14-9-4-2-5-12-11(9)15-10/h2-8H,1H3,(H,12,14,15). The Hall–Kier alpha value is -2.17. The molecule has 0 amide bonds. The fourth-order valence-corrected chi connectivity index (χ4v) is 1.70. The van der Waals surface area contributed by atoms with Crippen molar-refractivity contribution < 1.29 is 0 Å². The maximum atomic E-state index is 4.44. The first-order chi connectivity index (χ1) is 7.84. The molecule has 5 nitrogen and oxygen atoms in total. The fourth-order valence-electron chi connectivity index (χ4n) is 1.70. The molecule has 0 aliphatic rings. The Labute approximate surface area is 92.2 Å². The molecule has 0 aromatic carbocycles. The van der Waals surface area contributed by atoms with Crippen LogP contribution in [-0.2, 0) is 0 Å². The molecule has 0 aliphatic carbocycles. The van der Waals surface area contributed by atoms with Gasteiger partial charge in [0, 0.05) is 18.6 Å². The number of imidazole rings is 1. The Balaban J connectivity index is 2.06. The molecule has 0 fully saturated rings. The lowest BCUT2D eigenvalue weighted by Gasteiger charge is -2.07. The predicted octanol–water partition coefficient (Wildman–Crippen LogP) is 1.76. The minimum absolute atomic E-state index is 0.0872. The van der Waals surface area contributed by atoms with Gasteiger partial charge in [0.25, 0.3) is 0 Å². The first-order valence-electron chi connectivity index (χ1n) is 5.14. The smallest absolute Gasteiger partial charge is 0.177 e. The highest BCUT2D eigenvalue weighted by Gasteiger charge is 2.12. The molecule has 3 rings (SSSR count). The molecular weight excluding hydrogens is 202 g/mol. The normalized spacial score (nSPS) is 13.1. The largest absolute Gasteiger partial charge is 0.339 e. The lowest BCUT2D eigenvalue weighted by Crippen LogP contribution is -2.08. The first kappa shape index (κ1) is 9.08. The van der Waals surface area contributed by atoms with Crippen LogP contribution in [0.25, 0.3) is 11.2 Å². The molecule has 1 N–H and O–H groups in total. The third-order valence-corrected chi connectivity index (χ3v) is 2.59. The van der Waals surface area contributed by atoms with E-state index in [4.69, 9.17) is 0 Å². The maximum absolute atomic E-state index is 4.44. The number of H-pyrrole nitrogens is 1. The van der Waals surface area contributed by atoms with E-state index in [1.165, 1.54) is 0 Å². The molecule has 3 aromatic heterocycles. The van der Waals surface area contributed by atoms with E-state index < -0.39 is 0 Å². The number of nitrogens with one attached hydrogen (secondary N) is 1. The van der Waals surface area contributed by atoms with Gasteiger partial charge in [0.15, 0.2) is 5.65 Å². The number of aromatic nitrogens is 5. The van der Waals surface area contributed by atoms with Crippen molar-refractivity contribution in [1.29, 1.82) is 0 Å². The van der Waals surface area contributed by atoms with Crippen molar-refractivity contribution in [3.05, 3.63) is 42.6 Å². The molecule has 0 radical (unpaired) electrons. The van der Waals surface area contributed by atoms with Crippen molar-refractivity contribution in [3.63, 3.8) is 0 Å². The number of nitrogens with zero attached hydrogens (tertiary/aromatic N) is 4. The molecule has 1 atom stereocenters. The molecule has 5 heteroatoms. The second-order valence-electron chi connectivity index (χ2n) is 3.66. The highest BCUT2D eigenvalue weighted by atomic mass is 15.3. The SMILES string of the molecule is CC(c1nc2ncccc2[nH]1)n1cccn1. The Morgan fingerprint density at radius 3 is 3.00 bits per heavy atom. The molecule has 0 bridgehead atoms. The zero-order valence-electron chi connectivity index (χ0n) is 8.83. The minimum Gasteiger partial charge on any atom is -0.339 e. The van der Waals surface area contributed by atoms with Gasteiger partial charge in [0.05, 0.1) is 5.52 Å². The summed E-state index contributed by atoms with van der Waals surface area (Å²) in [7, 11) is 0. The summed E-state index contributed by atoms with van der Waals surface area (Å²) in [6.45, 7) is 2.05. The summed E-state index contributed by atoms with van der Waals surface area (Å²) in [6, 6.07) is 5.85. The van der Waals surface area contributed by atoms with Crippen LogP contribution in [0.5, 0.6) is 0 Å². The van der Waals surface area contributed by atoms with Crippen LogP contribution < -0.4 is 0 Å². The number of rotatable bonds is 2. The maximum Gasteiger partial charge on any atom is 0.177 e. The Bertz CT molecular complexity index is 563. The van der Waals surface area contributed by atoms with E-state index in [9.17, 15) is 0 Å². The lowest BCUT2D eigenvalue weighted by molar-refractivity contribution is 0.542. The average Bonchev–Trinajstić information content (AvgIpc) is 2.97. The van der Waals surface area contributed by atoms with E-state index in [0.717, 1.165) is 17.0 Å². The summed E-state index contributed by atoms with van der Waals surface area (Å²) in [5.41, 5.74) is 1.70. The second-order valence-corrected chi connectivity index (χ2v) is 3.66. The molecule has 0 aliphatic heterocycles. The van der Waals surface area contributed by atoms with E-state index in [1.54, 1.807) is 12.4 Å². The van der Waals surface area contributed by atoms with E-state index in [1.807, 2.05) is 36.0 Å². The summed E-state index contributed by atoms with van der Waals surface area (Å²) < 4.78 is 1.86. The molecular formula is C11H11N5. The highest BCUT2D eigenvalue weighted by Crippen LogP contribution is 2.16. The third-order valence-electron chi connectivity index (χ3n) is 2.59. The second kappa shape index (κ2) is 3.44. The van der Waals surface area contributed by atoms with Gasteiger partial charge < -0.3 is 4.98 Å². The lowest BCUT2D eigenvalue weighted by atomic mass is 10.3. The Morgan fingerprint density at radius 1 is 1.31 bits per heavy atom. The summed E-state index contributed by atoms with van der Waals surface area (Å²) in [5, 5.41) is 4.20. The molecule has 0 saturated heterocycles. The molecule has 16 heavy (non-hydrogen) atoms. The Kier molecular flexibility index (Phi) is 1.96. The van der Waals surface area contributed by atoms with Crippen molar-refractivity contribution in [1.82, 2.24) is 24.7 Å². The first-order valence-corrected chi connectivity index (χ1v) is 5.14. The van der Waals surface area contributed by atoms with Crippen LogP contribution in [0.3, 0.4) is 0 Å². The minimum atomic E-state index is 0.0872. The van der Waals surface area contributed by atoms with Crippen LogP contribution >= 0.6 is 0 Å². The van der Waals surface area contributed by atoms with Crippen molar-refractivity contribution in [2.45, 2.75) is 13.0 Å². The van der Waals surface area contributed by atoms with Gasteiger partial charge in [-0.05, 0) is 25.1 Å². The molecule has 0 spiro atoms. The predicted molar refractivity (Wildman–Crippen MR) is 59.9 cm³/mol. The van der Waals surface area contributed by atoms with Crippen LogP contribution in [0, 0.1) is 0 Å². The highest BCUT2D eigenvalue weighted by molar-refractivity contribution is 5.69. The molecule has 3 heterocycles. The van der Waals surface area contributed by atoms with Crippen LogP contribution in [0.2, 0.25) is 0 Å². The van der Waals surface area contributed by atoms with Gasteiger partial charge >= 0.3 is 0 Å². The monoisotopic (exact) mass is 213 g/mol. The molecule has 0 saturated carbocycles. The van der Waals surface area contributed by atoms with Crippen molar-refractivity contribution in [2.24, 2.45) is 0 Å². The summed E-state index contributed by atoms with van der Waals surface area (Å²) >= 11 is 0. The fraction of sp³-hybridized carbons (Fsp3) is 0.182. The molecule has 80 valence electrons. The van der Waals surface area contributed by atoms with Gasteiger partial charge in [-0.25, -0.2) is 9.97 Å². The number of pyridine rings is 1. The molecule has 1 unspecified atom stereocenters. The van der Waals surface area contributed by atoms with E-state index in [0.29, 0.717) is 0 Å². The van der Waals surface area contributed by atoms with Crippen molar-refractivity contribution in [3.8, 4) is 0 Å². The van der Waals surface area contributed by atoms with Gasteiger partial charge in [-0.15, -0.1) is 0 Å². The summed E-state index contributed by atoms with van der Waals surface area (Å²) in [6.07, 6.45) is 5.42. The number of hydrogen-bond acceptors (Lipinski definition) is 3.